The molecule has 1 fully saturated rings. The molecule has 1 unspecified atom stereocenters. The molecule has 3 amide bonds. The first-order valence-corrected chi connectivity index (χ1v) is 19.4. The second-order valence-corrected chi connectivity index (χ2v) is 16.0. The van der Waals surface area contributed by atoms with E-state index >= 15 is 0 Å². The van der Waals surface area contributed by atoms with E-state index in [2.05, 4.69) is 21.3 Å². The predicted molar refractivity (Wildman–Crippen MR) is 243 cm³/mol. The van der Waals surface area contributed by atoms with Crippen molar-refractivity contribution in [3.05, 3.63) is 106 Å². The lowest BCUT2D eigenvalue weighted by molar-refractivity contribution is -0.157. The lowest BCUT2D eigenvalue weighted by atomic mass is 9.79. The number of esters is 1. The molecule has 0 aliphatic heterocycles. The summed E-state index contributed by atoms with van der Waals surface area (Å²) >= 11 is 6.92. The van der Waals surface area contributed by atoms with E-state index in [1.807, 2.05) is 81.4 Å². The van der Waals surface area contributed by atoms with E-state index in [1.165, 1.54) is 0 Å². The maximum Gasteiger partial charge on any atom is 0.407 e. The Morgan fingerprint density at radius 2 is 1.33 bits per heavy atom. The lowest BCUT2D eigenvalue weighted by Crippen LogP contribution is -2.59. The van der Waals surface area contributed by atoms with Crippen LogP contribution < -0.4 is 21.3 Å². The van der Waals surface area contributed by atoms with Crippen LogP contribution >= 0.6 is 52.1 Å². The van der Waals surface area contributed by atoms with Crippen LogP contribution in [0, 0.1) is 18.8 Å². The van der Waals surface area contributed by atoms with Crippen LogP contribution in [0.2, 0.25) is 5.02 Å². The number of hydrogen-bond donors (Lipinski definition) is 4. The summed E-state index contributed by atoms with van der Waals surface area (Å²) < 4.78 is 12.2. The Morgan fingerprint density at radius 3 is 1.89 bits per heavy atom. The van der Waals surface area contributed by atoms with Crippen LogP contribution in [0.3, 0.4) is 0 Å². The number of alkyl carbamates (subject to hydrolysis) is 1. The fraction of sp³-hybridized carbons (Fsp3) is 0.488. The van der Waals surface area contributed by atoms with Gasteiger partial charge in [-0.1, -0.05) is 123 Å². The molecule has 14 heteroatoms. The molecule has 4 rings (SSSR count). The van der Waals surface area contributed by atoms with Crippen molar-refractivity contribution in [2.45, 2.75) is 109 Å². The van der Waals surface area contributed by atoms with Gasteiger partial charge in [0.1, 0.15) is 17.7 Å². The molecule has 0 aromatic heterocycles. The molecule has 1 saturated carbocycles. The normalized spacial score (nSPS) is 15.5. The average Bonchev–Trinajstić information content (AvgIpc) is 3.13. The quantitative estimate of drug-likeness (QED) is 0.0918. The summed E-state index contributed by atoms with van der Waals surface area (Å²) in [7, 11) is 1.72. The van der Waals surface area contributed by atoms with Gasteiger partial charge in [0.15, 0.2) is 5.60 Å². The highest BCUT2D eigenvalue weighted by Gasteiger charge is 2.44. The molecular formula is C43H63ClN4O6S3. The molecular weight excluding hydrogens is 800 g/mol. The molecule has 4 N–H and O–H groups in total. The summed E-state index contributed by atoms with van der Waals surface area (Å²) in [5.74, 6) is -1.56. The summed E-state index contributed by atoms with van der Waals surface area (Å²) in [6.45, 7) is 10.9. The fourth-order valence-electron chi connectivity index (χ4n) is 6.98. The molecule has 0 heterocycles. The monoisotopic (exact) mass is 862 g/mol. The minimum Gasteiger partial charge on any atom is -0.444 e. The van der Waals surface area contributed by atoms with E-state index < -0.39 is 47.3 Å². The van der Waals surface area contributed by atoms with E-state index in [4.69, 9.17) is 21.1 Å². The topological polar surface area (TPSA) is 135 Å². The Morgan fingerprint density at radius 1 is 0.754 bits per heavy atom. The molecule has 57 heavy (non-hydrogen) atoms. The number of ether oxygens (including phenoxy) is 2. The number of aryl methyl sites for hydroxylation is 1. The number of amides is 3. The van der Waals surface area contributed by atoms with Gasteiger partial charge in [-0.05, 0) is 71.9 Å². The molecule has 4 atom stereocenters. The van der Waals surface area contributed by atoms with Gasteiger partial charge in [-0.15, -0.1) is 0 Å². The average molecular weight is 864 g/mol. The van der Waals surface area contributed by atoms with E-state index in [-0.39, 0.29) is 64.8 Å². The van der Waals surface area contributed by atoms with Crippen LogP contribution in [-0.2, 0) is 29.5 Å². The molecule has 0 radical (unpaired) electrons. The van der Waals surface area contributed by atoms with Gasteiger partial charge in [-0.2, -0.15) is 40.5 Å². The van der Waals surface area contributed by atoms with Crippen molar-refractivity contribution in [2.24, 2.45) is 11.8 Å². The molecule has 1 aliphatic rings. The second kappa shape index (κ2) is 23.9. The zero-order chi connectivity index (χ0) is 39.5. The van der Waals surface area contributed by atoms with Crippen LogP contribution in [0.5, 0.6) is 0 Å². The lowest BCUT2D eigenvalue weighted by Gasteiger charge is -2.37. The highest BCUT2D eigenvalue weighted by Crippen LogP contribution is 2.44. The highest BCUT2D eigenvalue weighted by molar-refractivity contribution is 7.59. The number of likely N-dealkylation sites (N-methyl/N-ethyl adjacent to an activating group) is 1. The van der Waals surface area contributed by atoms with Crippen molar-refractivity contribution in [3.63, 3.8) is 0 Å². The van der Waals surface area contributed by atoms with Crippen LogP contribution in [0.15, 0.2) is 78.9 Å². The van der Waals surface area contributed by atoms with Crippen molar-refractivity contribution >= 4 is 76.0 Å². The zero-order valence-electron chi connectivity index (χ0n) is 34.2. The number of benzene rings is 3. The second-order valence-electron chi connectivity index (χ2n) is 15.6. The Balaban J connectivity index is 0.00000541. The van der Waals surface area contributed by atoms with Crippen LogP contribution in [0.4, 0.5) is 4.79 Å². The Bertz CT molecular complexity index is 1720. The first-order valence-electron chi connectivity index (χ1n) is 19.0. The molecule has 1 aliphatic carbocycles. The summed E-state index contributed by atoms with van der Waals surface area (Å²) in [5, 5.41) is 12.0. The number of carbonyl (C=O) groups excluding carboxylic acids is 4. The van der Waals surface area contributed by atoms with Crippen LogP contribution in [0.1, 0.15) is 95.4 Å². The van der Waals surface area contributed by atoms with Crippen molar-refractivity contribution in [1.29, 1.82) is 0 Å². The van der Waals surface area contributed by atoms with Gasteiger partial charge in [0.25, 0.3) is 0 Å². The maximum atomic E-state index is 14.8. The first-order chi connectivity index (χ1) is 25.6. The Hall–Kier alpha value is -3.36. The third-order valence-corrected chi connectivity index (χ3v) is 10.00. The van der Waals surface area contributed by atoms with Crippen molar-refractivity contribution < 1.29 is 28.7 Å². The van der Waals surface area contributed by atoms with Gasteiger partial charge >= 0.3 is 12.1 Å². The molecule has 3 aromatic carbocycles. The van der Waals surface area contributed by atoms with Crippen molar-refractivity contribution in [3.8, 4) is 0 Å². The number of halogens is 1. The minimum absolute atomic E-state index is 0. The molecule has 316 valence electrons. The Kier molecular flexibility index (Phi) is 21.7. The van der Waals surface area contributed by atoms with Gasteiger partial charge in [0, 0.05) is 21.7 Å². The van der Waals surface area contributed by atoms with Gasteiger partial charge in [0.2, 0.25) is 11.8 Å². The van der Waals surface area contributed by atoms with Gasteiger partial charge < -0.3 is 30.7 Å². The van der Waals surface area contributed by atoms with E-state index in [9.17, 15) is 19.2 Å². The number of carbonyl (C=O) groups is 4. The van der Waals surface area contributed by atoms with E-state index in [0.29, 0.717) is 28.1 Å². The van der Waals surface area contributed by atoms with E-state index in [1.54, 1.807) is 46.0 Å². The number of hydrogen-bond acceptors (Lipinski definition) is 7. The van der Waals surface area contributed by atoms with Gasteiger partial charge in [-0.3, -0.25) is 9.59 Å². The van der Waals surface area contributed by atoms with Crippen molar-refractivity contribution in [1.82, 2.24) is 21.3 Å². The molecule has 0 bridgehead atoms. The third kappa shape index (κ3) is 14.5. The summed E-state index contributed by atoms with van der Waals surface area (Å²) in [4.78, 5) is 55.8. The summed E-state index contributed by atoms with van der Waals surface area (Å²) in [6.07, 6.45) is 4.19. The van der Waals surface area contributed by atoms with Gasteiger partial charge in [-0.25, -0.2) is 9.59 Å². The fourth-order valence-corrected chi connectivity index (χ4v) is 7.25. The van der Waals surface area contributed by atoms with Crippen LogP contribution in [0.25, 0.3) is 0 Å². The summed E-state index contributed by atoms with van der Waals surface area (Å²) in [6, 6.07) is 21.2. The minimum atomic E-state index is -1.56. The SMILES string of the molecule is CN[C@@H](CC(C)C)C(=O)N[C@H](C(=O)N[C@@H](CNC(=O)OC(C)(C)C)C(=O)OC(c1ccccc1)(c1ccc(C)cc1)c1ccccc1Cl)C1CCCCC1.S.S.S. The van der Waals surface area contributed by atoms with Gasteiger partial charge in [0.05, 0.1) is 12.6 Å². The van der Waals surface area contributed by atoms with Crippen LogP contribution in [-0.4, -0.2) is 61.2 Å². The van der Waals surface area contributed by atoms with Crippen molar-refractivity contribution in [2.75, 3.05) is 13.6 Å². The highest BCUT2D eigenvalue weighted by atomic mass is 35.5. The molecule has 10 nitrogen and oxygen atoms in total. The smallest absolute Gasteiger partial charge is 0.407 e. The van der Waals surface area contributed by atoms with E-state index in [0.717, 1.165) is 37.7 Å². The molecule has 0 spiro atoms. The maximum absolute atomic E-state index is 14.8. The summed E-state index contributed by atoms with van der Waals surface area (Å²) in [5.41, 5.74) is 0.390. The number of nitrogens with one attached hydrogen (secondary N) is 4. The Labute approximate surface area is 365 Å². The molecule has 0 saturated heterocycles. The number of rotatable bonds is 15. The first kappa shape index (κ1) is 51.7. The molecule has 3 aromatic rings. The predicted octanol–water partition coefficient (Wildman–Crippen LogP) is 7.53. The zero-order valence-corrected chi connectivity index (χ0v) is 37.9. The third-order valence-electron chi connectivity index (χ3n) is 9.67. The largest absolute Gasteiger partial charge is 0.444 e. The standard InChI is InChI=1S/C43H57ClN4O6.3H2S/c1-28(2)26-35(45-7)38(49)48-37(30-16-10-8-11-17-30)39(50)47-36(27-46-41(52)54-42(4,5)6)40(51)53-43(31-18-12-9-13-19-31,32-24-22-29(3)23-25-32)33-20-14-15-21-34(33)44;;;/h9,12-15,18-25,28,30,35-37,45H,8,10-11,16-17,26-27H2,1-7H3,(H,46,52)(H,47,50)(H,48,49);3*1H2/t35-,36-,37-,43?;;;/m0.../s1.